The van der Waals surface area contributed by atoms with Crippen LogP contribution in [0.5, 0.6) is 23.0 Å². The first-order chi connectivity index (χ1) is 19.0. The van der Waals surface area contributed by atoms with Gasteiger partial charge in [0.15, 0.2) is 16.6 Å². The van der Waals surface area contributed by atoms with E-state index >= 15 is 0 Å². The highest BCUT2D eigenvalue weighted by atomic mass is 32.1. The number of carbonyl (C=O) groups is 2. The summed E-state index contributed by atoms with van der Waals surface area (Å²) in [6.45, 7) is 3.18. The Labute approximate surface area is 227 Å². The van der Waals surface area contributed by atoms with Gasteiger partial charge in [-0.1, -0.05) is 23.5 Å². The van der Waals surface area contributed by atoms with Crippen LogP contribution in [0.25, 0.3) is 16.0 Å². The molecule has 2 aliphatic rings. The molecule has 39 heavy (non-hydrogen) atoms. The number of aromatic nitrogens is 1. The van der Waals surface area contributed by atoms with Gasteiger partial charge in [0.25, 0.3) is 5.78 Å². The first-order valence-electron chi connectivity index (χ1n) is 12.4. The summed E-state index contributed by atoms with van der Waals surface area (Å²) < 4.78 is 22.9. The summed E-state index contributed by atoms with van der Waals surface area (Å²) in [7, 11) is 1.57. The summed E-state index contributed by atoms with van der Waals surface area (Å²) in [5, 5.41) is 11.8. The average molecular weight is 545 g/mol. The number of methoxy groups -OCH3 is 1. The number of ether oxygens (including phenoxy) is 4. The summed E-state index contributed by atoms with van der Waals surface area (Å²) in [4.78, 5) is 33.1. The van der Waals surface area contributed by atoms with Crippen LogP contribution < -0.4 is 23.8 Å². The minimum absolute atomic E-state index is 0.0438. The molecule has 2 aliphatic heterocycles. The highest BCUT2D eigenvalue weighted by Crippen LogP contribution is 2.45. The molecule has 3 aromatic carbocycles. The smallest absolute Gasteiger partial charge is 0.301 e. The number of benzene rings is 3. The number of rotatable bonds is 6. The van der Waals surface area contributed by atoms with E-state index < -0.39 is 17.7 Å². The molecule has 6 rings (SSSR count). The third-order valence-electron chi connectivity index (χ3n) is 6.56. The van der Waals surface area contributed by atoms with Gasteiger partial charge in [-0.25, -0.2) is 4.98 Å². The molecule has 1 fully saturated rings. The quantitative estimate of drug-likeness (QED) is 0.203. The summed E-state index contributed by atoms with van der Waals surface area (Å²) >= 11 is 1.26. The van der Waals surface area contributed by atoms with Gasteiger partial charge in [-0.15, -0.1) is 0 Å². The number of anilines is 1. The fourth-order valence-corrected chi connectivity index (χ4v) is 5.75. The van der Waals surface area contributed by atoms with Crippen LogP contribution in [0.15, 0.2) is 66.2 Å². The third-order valence-corrected chi connectivity index (χ3v) is 7.57. The molecule has 1 aromatic heterocycles. The third kappa shape index (κ3) is 4.32. The van der Waals surface area contributed by atoms with Crippen molar-refractivity contribution in [1.82, 2.24) is 4.98 Å². The zero-order valence-corrected chi connectivity index (χ0v) is 22.0. The van der Waals surface area contributed by atoms with Crippen LogP contribution in [0.1, 0.15) is 24.1 Å². The summed E-state index contributed by atoms with van der Waals surface area (Å²) in [5.41, 5.74) is 1.57. The van der Waals surface area contributed by atoms with Gasteiger partial charge in [0.05, 0.1) is 35.5 Å². The Morgan fingerprint density at radius 2 is 1.77 bits per heavy atom. The Kier molecular flexibility index (Phi) is 6.32. The first kappa shape index (κ1) is 24.7. The fraction of sp³-hybridized carbons (Fsp3) is 0.207. The van der Waals surface area contributed by atoms with Crippen LogP contribution in [-0.4, -0.2) is 48.7 Å². The van der Waals surface area contributed by atoms with Crippen molar-refractivity contribution in [2.75, 3.05) is 31.8 Å². The normalized spacial score (nSPS) is 18.0. The number of carbonyl (C=O) groups excluding carboxylic acids is 2. The van der Waals surface area contributed by atoms with Gasteiger partial charge < -0.3 is 24.1 Å². The van der Waals surface area contributed by atoms with Crippen molar-refractivity contribution in [2.24, 2.45) is 0 Å². The SMILES string of the molecule is CCOc1ccc([C@H]2/C(=C(\O)c3ccc4c(c3)OCCO4)C(=O)C(=O)N2c2nc3ccc(OC)cc3s2)cc1. The van der Waals surface area contributed by atoms with Crippen molar-refractivity contribution >= 4 is 44.1 Å². The first-order valence-corrected chi connectivity index (χ1v) is 13.2. The Bertz CT molecular complexity index is 1630. The van der Waals surface area contributed by atoms with Gasteiger partial charge >= 0.3 is 5.91 Å². The molecule has 0 unspecified atom stereocenters. The Morgan fingerprint density at radius 1 is 1.03 bits per heavy atom. The number of Topliss-reactive ketones (excluding diaryl/α,β-unsaturated/α-hetero) is 1. The second kappa shape index (κ2) is 9.95. The maximum Gasteiger partial charge on any atom is 0.301 e. The van der Waals surface area contributed by atoms with E-state index in [1.165, 1.54) is 16.2 Å². The van der Waals surface area contributed by atoms with E-state index in [9.17, 15) is 14.7 Å². The van der Waals surface area contributed by atoms with E-state index in [0.717, 1.165) is 4.70 Å². The zero-order chi connectivity index (χ0) is 27.1. The number of aliphatic hydroxyl groups excluding tert-OH is 1. The van der Waals surface area contributed by atoms with Crippen LogP contribution in [0.2, 0.25) is 0 Å². The van der Waals surface area contributed by atoms with Crippen molar-refractivity contribution in [3.8, 4) is 23.0 Å². The van der Waals surface area contributed by atoms with Gasteiger partial charge in [0, 0.05) is 5.56 Å². The van der Waals surface area contributed by atoms with Crippen molar-refractivity contribution in [3.63, 3.8) is 0 Å². The van der Waals surface area contributed by atoms with Gasteiger partial charge in [-0.05, 0) is 61.0 Å². The molecule has 1 N–H and O–H groups in total. The standard InChI is InChI=1S/C29H24N2O7S/c1-3-36-18-7-4-16(5-8-18)25-24(26(32)17-6-11-21-22(14-17)38-13-12-37-21)27(33)28(34)31(25)29-30-20-10-9-19(35-2)15-23(20)39-29/h4-11,14-15,25,32H,3,12-13H2,1-2H3/b26-24+/t25-/m0/s1. The van der Waals surface area contributed by atoms with E-state index in [-0.39, 0.29) is 11.3 Å². The number of aliphatic hydroxyl groups is 1. The topological polar surface area (TPSA) is 107 Å². The lowest BCUT2D eigenvalue weighted by Gasteiger charge is -2.23. The fourth-order valence-electron chi connectivity index (χ4n) is 4.73. The second-order valence-corrected chi connectivity index (χ2v) is 9.87. The number of amides is 1. The van der Waals surface area contributed by atoms with E-state index in [1.807, 2.05) is 13.0 Å². The molecule has 1 saturated heterocycles. The lowest BCUT2D eigenvalue weighted by molar-refractivity contribution is -0.132. The molecular formula is C29H24N2O7S. The van der Waals surface area contributed by atoms with E-state index in [1.54, 1.807) is 61.7 Å². The predicted molar refractivity (Wildman–Crippen MR) is 146 cm³/mol. The number of nitrogens with zero attached hydrogens (tertiary/aromatic N) is 2. The molecule has 9 nitrogen and oxygen atoms in total. The Balaban J connectivity index is 1.51. The van der Waals surface area contributed by atoms with Crippen LogP contribution in [0.4, 0.5) is 5.13 Å². The van der Waals surface area contributed by atoms with E-state index in [4.69, 9.17) is 18.9 Å². The van der Waals surface area contributed by atoms with Crippen molar-refractivity contribution in [2.45, 2.75) is 13.0 Å². The largest absolute Gasteiger partial charge is 0.507 e. The van der Waals surface area contributed by atoms with Crippen molar-refractivity contribution in [3.05, 3.63) is 77.4 Å². The number of thiazole rings is 1. The molecule has 0 radical (unpaired) electrons. The average Bonchev–Trinajstić information content (AvgIpc) is 3.50. The van der Waals surface area contributed by atoms with Gasteiger partial charge in [-0.2, -0.15) is 0 Å². The van der Waals surface area contributed by atoms with Crippen molar-refractivity contribution in [1.29, 1.82) is 0 Å². The minimum Gasteiger partial charge on any atom is -0.507 e. The predicted octanol–water partition coefficient (Wildman–Crippen LogP) is 5.10. The second-order valence-electron chi connectivity index (χ2n) is 8.86. The van der Waals surface area contributed by atoms with E-state index in [0.29, 0.717) is 64.6 Å². The van der Waals surface area contributed by atoms with Gasteiger partial charge in [-0.3, -0.25) is 14.5 Å². The van der Waals surface area contributed by atoms with Gasteiger partial charge in [0.1, 0.15) is 30.5 Å². The highest BCUT2D eigenvalue weighted by Gasteiger charge is 2.48. The lowest BCUT2D eigenvalue weighted by Crippen LogP contribution is -2.29. The lowest BCUT2D eigenvalue weighted by atomic mass is 9.95. The molecule has 0 saturated carbocycles. The molecule has 4 aromatic rings. The monoisotopic (exact) mass is 544 g/mol. The minimum atomic E-state index is -0.920. The zero-order valence-electron chi connectivity index (χ0n) is 21.2. The summed E-state index contributed by atoms with van der Waals surface area (Å²) in [6.07, 6.45) is 0. The molecule has 198 valence electrons. The molecule has 0 bridgehead atoms. The number of fused-ring (bicyclic) bond motifs is 2. The molecule has 0 aliphatic carbocycles. The summed E-state index contributed by atoms with van der Waals surface area (Å²) in [5.74, 6) is 0.411. The maximum absolute atomic E-state index is 13.5. The molecule has 0 spiro atoms. The maximum atomic E-state index is 13.5. The highest BCUT2D eigenvalue weighted by molar-refractivity contribution is 7.22. The van der Waals surface area contributed by atoms with Crippen LogP contribution in [0.3, 0.4) is 0 Å². The molecule has 3 heterocycles. The van der Waals surface area contributed by atoms with Crippen LogP contribution >= 0.6 is 11.3 Å². The van der Waals surface area contributed by atoms with Crippen LogP contribution in [0, 0.1) is 0 Å². The number of hydrogen-bond donors (Lipinski definition) is 1. The van der Waals surface area contributed by atoms with Crippen molar-refractivity contribution < 1.29 is 33.6 Å². The molecular weight excluding hydrogens is 520 g/mol. The molecule has 1 atom stereocenters. The number of hydrogen-bond acceptors (Lipinski definition) is 9. The number of ketones is 1. The Morgan fingerprint density at radius 3 is 2.51 bits per heavy atom. The Hall–Kier alpha value is -4.57. The van der Waals surface area contributed by atoms with Crippen LogP contribution in [-0.2, 0) is 9.59 Å². The molecule has 1 amide bonds. The summed E-state index contributed by atoms with van der Waals surface area (Å²) in [6, 6.07) is 16.5. The van der Waals surface area contributed by atoms with E-state index in [2.05, 4.69) is 4.98 Å². The molecule has 10 heteroatoms. The van der Waals surface area contributed by atoms with Gasteiger partial charge in [0.2, 0.25) is 0 Å².